The van der Waals surface area contributed by atoms with Crippen molar-refractivity contribution in [3.8, 4) is 0 Å². The fraction of sp³-hybridized carbons (Fsp3) is 0.417. The van der Waals surface area contributed by atoms with Gasteiger partial charge in [-0.25, -0.2) is 9.37 Å². The predicted molar refractivity (Wildman–Crippen MR) is 64.5 cm³/mol. The zero-order valence-corrected chi connectivity index (χ0v) is 10.1. The van der Waals surface area contributed by atoms with Crippen molar-refractivity contribution in [3.05, 3.63) is 36.3 Å². The highest BCUT2D eigenvalue weighted by Gasteiger charge is 2.30. The molecule has 0 bridgehead atoms. The van der Waals surface area contributed by atoms with Crippen molar-refractivity contribution < 1.29 is 4.39 Å². The van der Waals surface area contributed by atoms with E-state index in [1.54, 1.807) is 12.4 Å². The molecule has 5 nitrogen and oxygen atoms in total. The third kappa shape index (κ3) is 1.83. The standard InChI is InChI=1S/C12H14FN5/c1-17-8-15-16-12(17)10-3-2-6-18(10)11-5-4-9(13)7-14-11/h4-5,7-8,10H,2-3,6H2,1H3. The van der Waals surface area contributed by atoms with Gasteiger partial charge >= 0.3 is 0 Å². The van der Waals surface area contributed by atoms with E-state index in [0.717, 1.165) is 31.0 Å². The van der Waals surface area contributed by atoms with Crippen LogP contribution in [0.4, 0.5) is 10.2 Å². The molecule has 3 rings (SSSR count). The van der Waals surface area contributed by atoms with Gasteiger partial charge in [-0.2, -0.15) is 0 Å². The number of rotatable bonds is 2. The second kappa shape index (κ2) is 4.36. The minimum atomic E-state index is -0.312. The van der Waals surface area contributed by atoms with Crippen molar-refractivity contribution in [2.75, 3.05) is 11.4 Å². The first-order chi connectivity index (χ1) is 8.75. The molecule has 1 fully saturated rings. The molecule has 1 aliphatic rings. The van der Waals surface area contributed by atoms with Crippen LogP contribution in [-0.2, 0) is 7.05 Å². The molecule has 0 spiro atoms. The lowest BCUT2D eigenvalue weighted by molar-refractivity contribution is 0.610. The van der Waals surface area contributed by atoms with Gasteiger partial charge < -0.3 is 9.47 Å². The largest absolute Gasteiger partial charge is 0.346 e. The Morgan fingerprint density at radius 3 is 2.94 bits per heavy atom. The van der Waals surface area contributed by atoms with Crippen LogP contribution in [0.2, 0.25) is 0 Å². The van der Waals surface area contributed by atoms with Crippen molar-refractivity contribution in [1.82, 2.24) is 19.7 Å². The smallest absolute Gasteiger partial charge is 0.155 e. The number of hydrogen-bond donors (Lipinski definition) is 0. The van der Waals surface area contributed by atoms with Gasteiger partial charge in [-0.05, 0) is 25.0 Å². The molecule has 1 saturated heterocycles. The van der Waals surface area contributed by atoms with Crippen LogP contribution in [0.3, 0.4) is 0 Å². The van der Waals surface area contributed by atoms with Crippen molar-refractivity contribution in [3.63, 3.8) is 0 Å². The fourth-order valence-electron chi connectivity index (χ4n) is 2.44. The summed E-state index contributed by atoms with van der Waals surface area (Å²) in [5.41, 5.74) is 0. The van der Waals surface area contributed by atoms with E-state index >= 15 is 0 Å². The quantitative estimate of drug-likeness (QED) is 0.810. The zero-order chi connectivity index (χ0) is 12.5. The Hall–Kier alpha value is -1.98. The van der Waals surface area contributed by atoms with E-state index in [9.17, 15) is 4.39 Å². The Bertz CT molecular complexity index is 536. The van der Waals surface area contributed by atoms with Crippen LogP contribution in [0, 0.1) is 5.82 Å². The van der Waals surface area contributed by atoms with E-state index in [1.165, 1.54) is 12.3 Å². The molecular formula is C12H14FN5. The van der Waals surface area contributed by atoms with Crippen LogP contribution in [0.15, 0.2) is 24.7 Å². The first-order valence-corrected chi connectivity index (χ1v) is 5.98. The van der Waals surface area contributed by atoms with E-state index in [0.29, 0.717) is 0 Å². The summed E-state index contributed by atoms with van der Waals surface area (Å²) in [7, 11) is 1.93. The van der Waals surface area contributed by atoms with Crippen LogP contribution < -0.4 is 4.90 Å². The van der Waals surface area contributed by atoms with E-state index < -0.39 is 0 Å². The molecule has 3 heterocycles. The van der Waals surface area contributed by atoms with Gasteiger partial charge in [-0.15, -0.1) is 10.2 Å². The number of nitrogens with zero attached hydrogens (tertiary/aromatic N) is 5. The lowest BCUT2D eigenvalue weighted by Crippen LogP contribution is -2.25. The maximum absolute atomic E-state index is 12.9. The highest BCUT2D eigenvalue weighted by Crippen LogP contribution is 2.33. The lowest BCUT2D eigenvalue weighted by Gasteiger charge is -2.24. The number of halogens is 1. The molecular weight excluding hydrogens is 233 g/mol. The predicted octanol–water partition coefficient (Wildman–Crippen LogP) is 1.69. The Kier molecular flexibility index (Phi) is 2.70. The number of anilines is 1. The number of hydrogen-bond acceptors (Lipinski definition) is 4. The van der Waals surface area contributed by atoms with Crippen LogP contribution in [-0.4, -0.2) is 26.3 Å². The van der Waals surface area contributed by atoms with Gasteiger partial charge in [-0.3, -0.25) is 0 Å². The summed E-state index contributed by atoms with van der Waals surface area (Å²) in [5.74, 6) is 1.41. The Morgan fingerprint density at radius 1 is 1.39 bits per heavy atom. The van der Waals surface area contributed by atoms with Crippen molar-refractivity contribution in [2.24, 2.45) is 7.05 Å². The minimum Gasteiger partial charge on any atom is -0.346 e. The van der Waals surface area contributed by atoms with Gasteiger partial charge in [0, 0.05) is 13.6 Å². The summed E-state index contributed by atoms with van der Waals surface area (Å²) < 4.78 is 14.8. The van der Waals surface area contributed by atoms with Gasteiger partial charge in [0.05, 0.1) is 12.2 Å². The summed E-state index contributed by atoms with van der Waals surface area (Å²) in [5, 5.41) is 8.07. The highest BCUT2D eigenvalue weighted by atomic mass is 19.1. The van der Waals surface area contributed by atoms with E-state index in [1.807, 2.05) is 11.6 Å². The molecule has 6 heteroatoms. The average molecular weight is 247 g/mol. The molecule has 2 aromatic heterocycles. The zero-order valence-electron chi connectivity index (χ0n) is 10.1. The number of pyridine rings is 1. The molecule has 0 N–H and O–H groups in total. The summed E-state index contributed by atoms with van der Waals surface area (Å²) in [6, 6.07) is 3.33. The summed E-state index contributed by atoms with van der Waals surface area (Å²) >= 11 is 0. The SMILES string of the molecule is Cn1cnnc1C1CCCN1c1ccc(F)cn1. The first kappa shape index (κ1) is 11.1. The Labute approximate surface area is 104 Å². The maximum atomic E-state index is 12.9. The molecule has 18 heavy (non-hydrogen) atoms. The van der Waals surface area contributed by atoms with Crippen molar-refractivity contribution >= 4 is 5.82 Å². The number of aryl methyl sites for hydroxylation is 1. The Morgan fingerprint density at radius 2 is 2.28 bits per heavy atom. The molecule has 0 aromatic carbocycles. The van der Waals surface area contributed by atoms with Crippen LogP contribution in [0.25, 0.3) is 0 Å². The molecule has 1 unspecified atom stereocenters. The van der Waals surface area contributed by atoms with Gasteiger partial charge in [0.1, 0.15) is 18.0 Å². The molecule has 0 amide bonds. The molecule has 0 radical (unpaired) electrons. The monoisotopic (exact) mass is 247 g/mol. The van der Waals surface area contributed by atoms with Crippen molar-refractivity contribution in [2.45, 2.75) is 18.9 Å². The van der Waals surface area contributed by atoms with E-state index in [2.05, 4.69) is 20.1 Å². The van der Waals surface area contributed by atoms with Gasteiger partial charge in [0.2, 0.25) is 0 Å². The van der Waals surface area contributed by atoms with Gasteiger partial charge in [0.25, 0.3) is 0 Å². The van der Waals surface area contributed by atoms with Crippen LogP contribution >= 0.6 is 0 Å². The third-order valence-electron chi connectivity index (χ3n) is 3.30. The second-order valence-corrected chi connectivity index (χ2v) is 4.49. The third-order valence-corrected chi connectivity index (χ3v) is 3.30. The molecule has 0 saturated carbocycles. The lowest BCUT2D eigenvalue weighted by atomic mass is 10.2. The van der Waals surface area contributed by atoms with Crippen LogP contribution in [0.5, 0.6) is 0 Å². The molecule has 94 valence electrons. The Balaban J connectivity index is 1.92. The summed E-state index contributed by atoms with van der Waals surface area (Å²) in [4.78, 5) is 6.30. The second-order valence-electron chi connectivity index (χ2n) is 4.49. The van der Waals surface area contributed by atoms with E-state index in [-0.39, 0.29) is 11.9 Å². The van der Waals surface area contributed by atoms with Gasteiger partial charge in [0.15, 0.2) is 5.82 Å². The summed E-state index contributed by atoms with van der Waals surface area (Å²) in [6.07, 6.45) is 5.05. The van der Waals surface area contributed by atoms with Crippen molar-refractivity contribution in [1.29, 1.82) is 0 Å². The van der Waals surface area contributed by atoms with Crippen LogP contribution in [0.1, 0.15) is 24.7 Å². The normalized spacial score (nSPS) is 19.4. The first-order valence-electron chi connectivity index (χ1n) is 5.98. The molecule has 1 aliphatic heterocycles. The highest BCUT2D eigenvalue weighted by molar-refractivity contribution is 5.41. The maximum Gasteiger partial charge on any atom is 0.155 e. The molecule has 2 aromatic rings. The number of aromatic nitrogens is 4. The van der Waals surface area contributed by atoms with Gasteiger partial charge in [-0.1, -0.05) is 0 Å². The summed E-state index contributed by atoms with van der Waals surface area (Å²) in [6.45, 7) is 0.913. The average Bonchev–Trinajstić information content (AvgIpc) is 2.98. The topological polar surface area (TPSA) is 46.8 Å². The van der Waals surface area contributed by atoms with E-state index in [4.69, 9.17) is 0 Å². The minimum absolute atomic E-state index is 0.176. The fourth-order valence-corrected chi connectivity index (χ4v) is 2.44. The molecule has 1 atom stereocenters. The molecule has 0 aliphatic carbocycles.